The summed E-state index contributed by atoms with van der Waals surface area (Å²) in [4.78, 5) is 4.82. The van der Waals surface area contributed by atoms with Crippen molar-refractivity contribution < 1.29 is 0 Å². The third-order valence-corrected chi connectivity index (χ3v) is 12.7. The summed E-state index contributed by atoms with van der Waals surface area (Å²) in [7, 11) is 0. The summed E-state index contributed by atoms with van der Waals surface area (Å²) in [6, 6.07) is 84.0. The first-order valence-corrected chi connectivity index (χ1v) is 21.2. The number of anilines is 6. The Hall–Kier alpha value is -7.68. The molecule has 0 aromatic heterocycles. The number of rotatable bonds is 8. The van der Waals surface area contributed by atoms with Gasteiger partial charge in [-0.3, -0.25) is 0 Å². The molecule has 0 saturated carbocycles. The van der Waals surface area contributed by atoms with Gasteiger partial charge in [0.25, 0.3) is 0 Å². The third kappa shape index (κ3) is 6.27. The molecular formula is C59H44N2. The van der Waals surface area contributed by atoms with Crippen LogP contribution in [0.25, 0.3) is 54.9 Å². The highest BCUT2D eigenvalue weighted by Gasteiger charge is 2.36. The van der Waals surface area contributed by atoms with Gasteiger partial charge >= 0.3 is 0 Å². The van der Waals surface area contributed by atoms with Gasteiger partial charge in [0, 0.05) is 38.9 Å². The number of hydrogen-bond donors (Lipinski definition) is 0. The van der Waals surface area contributed by atoms with Crippen molar-refractivity contribution in [2.45, 2.75) is 19.3 Å². The molecule has 0 atom stereocenters. The highest BCUT2D eigenvalue weighted by molar-refractivity contribution is 6.07. The lowest BCUT2D eigenvalue weighted by atomic mass is 9.82. The lowest BCUT2D eigenvalue weighted by Crippen LogP contribution is -2.16. The summed E-state index contributed by atoms with van der Waals surface area (Å²) in [6.45, 7) is 4.71. The van der Waals surface area contributed by atoms with Gasteiger partial charge in [-0.05, 0) is 116 Å². The van der Waals surface area contributed by atoms with Gasteiger partial charge in [-0.1, -0.05) is 184 Å². The minimum absolute atomic E-state index is 0.100. The van der Waals surface area contributed by atoms with Crippen LogP contribution in [0, 0.1) is 0 Å². The summed E-state index contributed by atoms with van der Waals surface area (Å²) >= 11 is 0. The van der Waals surface area contributed by atoms with Gasteiger partial charge in [-0.2, -0.15) is 0 Å². The number of hydrogen-bond acceptors (Lipinski definition) is 2. The fourth-order valence-corrected chi connectivity index (χ4v) is 9.62. The second-order valence-corrected chi connectivity index (χ2v) is 16.5. The Balaban J connectivity index is 1.01. The van der Waals surface area contributed by atoms with E-state index in [0.29, 0.717) is 0 Å². The predicted octanol–water partition coefficient (Wildman–Crippen LogP) is 16.6. The average Bonchev–Trinajstić information content (AvgIpc) is 3.55. The highest BCUT2D eigenvalue weighted by atomic mass is 15.1. The van der Waals surface area contributed by atoms with E-state index in [0.717, 1.165) is 34.1 Å². The van der Waals surface area contributed by atoms with Crippen molar-refractivity contribution in [1.29, 1.82) is 0 Å². The Labute approximate surface area is 358 Å². The molecule has 0 amide bonds. The Morgan fingerprint density at radius 3 is 1.54 bits per heavy atom. The maximum atomic E-state index is 2.43. The van der Waals surface area contributed by atoms with Gasteiger partial charge in [0.15, 0.2) is 0 Å². The number of para-hydroxylation sites is 1. The number of nitrogens with zero attached hydrogens (tertiary/aromatic N) is 2. The fraction of sp³-hybridized carbons (Fsp3) is 0.0508. The normalized spacial score (nSPS) is 12.6. The summed E-state index contributed by atoms with van der Waals surface area (Å²) in [5.41, 5.74) is 16.9. The summed E-state index contributed by atoms with van der Waals surface area (Å²) in [5.74, 6) is 0. The predicted molar refractivity (Wildman–Crippen MR) is 259 cm³/mol. The van der Waals surface area contributed by atoms with Gasteiger partial charge in [0.1, 0.15) is 0 Å². The molecular weight excluding hydrogens is 737 g/mol. The first kappa shape index (κ1) is 36.4. The van der Waals surface area contributed by atoms with E-state index in [-0.39, 0.29) is 5.41 Å². The molecule has 0 unspecified atom stereocenters. The van der Waals surface area contributed by atoms with Crippen LogP contribution in [0.15, 0.2) is 231 Å². The molecule has 1 aliphatic rings. The zero-order chi connectivity index (χ0) is 40.9. The SMILES string of the molecule is CC1(C)c2ccccc2-c2ccc(N(c3ccccc3)c3ccc(-c4ccc(N(c5ccc(-c6ccccc6)cc5)c5cccc6ccccc56)cc4)c4ccccc34)cc21. The third-order valence-electron chi connectivity index (χ3n) is 12.7. The second kappa shape index (κ2) is 14.9. The van der Waals surface area contributed by atoms with Crippen molar-refractivity contribution >= 4 is 55.7 Å². The molecule has 0 N–H and O–H groups in total. The fourth-order valence-electron chi connectivity index (χ4n) is 9.62. The monoisotopic (exact) mass is 780 g/mol. The van der Waals surface area contributed by atoms with Crippen LogP contribution in [0.4, 0.5) is 34.1 Å². The zero-order valence-corrected chi connectivity index (χ0v) is 34.3. The van der Waals surface area contributed by atoms with E-state index in [1.54, 1.807) is 0 Å². The van der Waals surface area contributed by atoms with Crippen molar-refractivity contribution in [3.8, 4) is 33.4 Å². The Morgan fingerprint density at radius 1 is 0.295 bits per heavy atom. The lowest BCUT2D eigenvalue weighted by Gasteiger charge is -2.29. The van der Waals surface area contributed by atoms with Crippen LogP contribution in [0.2, 0.25) is 0 Å². The quantitative estimate of drug-likeness (QED) is 0.152. The van der Waals surface area contributed by atoms with Crippen LogP contribution in [-0.4, -0.2) is 0 Å². The summed E-state index contributed by atoms with van der Waals surface area (Å²) < 4.78 is 0. The molecule has 0 spiro atoms. The summed E-state index contributed by atoms with van der Waals surface area (Å²) in [6.07, 6.45) is 0. The first-order valence-electron chi connectivity index (χ1n) is 21.2. The molecule has 61 heavy (non-hydrogen) atoms. The molecule has 2 nitrogen and oxygen atoms in total. The molecule has 11 rings (SSSR count). The second-order valence-electron chi connectivity index (χ2n) is 16.5. The van der Waals surface area contributed by atoms with E-state index in [4.69, 9.17) is 0 Å². The molecule has 0 bridgehead atoms. The van der Waals surface area contributed by atoms with Gasteiger partial charge in [-0.25, -0.2) is 0 Å². The Kier molecular flexibility index (Phi) is 8.86. The molecule has 1 aliphatic carbocycles. The molecule has 0 saturated heterocycles. The molecule has 2 heteroatoms. The zero-order valence-electron chi connectivity index (χ0n) is 34.3. The molecule has 0 fully saturated rings. The van der Waals surface area contributed by atoms with Crippen molar-refractivity contribution in [3.63, 3.8) is 0 Å². The standard InChI is InChI=1S/C59H44N2/c1-59(2)55-26-14-13-24-52(55)53-37-36-48(40-56(53)59)61(45-20-7-4-8-21-45)58-39-38-49(51-23-11-12-25-54(51)58)44-30-34-47(35-31-44)60(57-27-15-19-43-18-9-10-22-50(43)57)46-32-28-42(29-33-46)41-16-5-3-6-17-41/h3-40H,1-2H3. The first-order chi connectivity index (χ1) is 30.0. The van der Waals surface area contributed by atoms with Crippen molar-refractivity contribution in [1.82, 2.24) is 0 Å². The van der Waals surface area contributed by atoms with Crippen LogP contribution in [0.1, 0.15) is 25.0 Å². The van der Waals surface area contributed by atoms with E-state index >= 15 is 0 Å². The van der Waals surface area contributed by atoms with Crippen LogP contribution in [0.5, 0.6) is 0 Å². The van der Waals surface area contributed by atoms with E-state index in [9.17, 15) is 0 Å². The van der Waals surface area contributed by atoms with E-state index in [1.807, 2.05) is 0 Å². The van der Waals surface area contributed by atoms with Crippen LogP contribution < -0.4 is 9.80 Å². The number of benzene rings is 10. The van der Waals surface area contributed by atoms with Gasteiger partial charge in [0.05, 0.1) is 11.4 Å². The van der Waals surface area contributed by atoms with Crippen LogP contribution >= 0.6 is 0 Å². The largest absolute Gasteiger partial charge is 0.310 e. The van der Waals surface area contributed by atoms with E-state index < -0.39 is 0 Å². The van der Waals surface area contributed by atoms with Crippen molar-refractivity contribution in [2.75, 3.05) is 9.80 Å². The van der Waals surface area contributed by atoms with Gasteiger partial charge < -0.3 is 9.80 Å². The Bertz CT molecular complexity index is 3200. The van der Waals surface area contributed by atoms with Crippen LogP contribution in [0.3, 0.4) is 0 Å². The maximum Gasteiger partial charge on any atom is 0.0540 e. The maximum absolute atomic E-state index is 2.43. The van der Waals surface area contributed by atoms with Gasteiger partial charge in [-0.15, -0.1) is 0 Å². The molecule has 0 aliphatic heterocycles. The molecule has 0 heterocycles. The molecule has 290 valence electrons. The van der Waals surface area contributed by atoms with Crippen molar-refractivity contribution in [2.24, 2.45) is 0 Å². The Morgan fingerprint density at radius 2 is 0.787 bits per heavy atom. The highest BCUT2D eigenvalue weighted by Crippen LogP contribution is 2.51. The number of fused-ring (bicyclic) bond motifs is 5. The smallest absolute Gasteiger partial charge is 0.0540 e. The van der Waals surface area contributed by atoms with Crippen molar-refractivity contribution in [3.05, 3.63) is 242 Å². The molecule has 10 aromatic rings. The molecule has 10 aromatic carbocycles. The summed E-state index contributed by atoms with van der Waals surface area (Å²) in [5, 5.41) is 4.84. The topological polar surface area (TPSA) is 6.48 Å². The minimum atomic E-state index is -0.100. The minimum Gasteiger partial charge on any atom is -0.310 e. The average molecular weight is 781 g/mol. The van der Waals surface area contributed by atoms with E-state index in [1.165, 1.54) is 66.1 Å². The molecule has 0 radical (unpaired) electrons. The lowest BCUT2D eigenvalue weighted by molar-refractivity contribution is 0.660. The van der Waals surface area contributed by atoms with Gasteiger partial charge in [0.2, 0.25) is 0 Å². The van der Waals surface area contributed by atoms with E-state index in [2.05, 4.69) is 254 Å². The van der Waals surface area contributed by atoms with Crippen LogP contribution in [-0.2, 0) is 5.41 Å².